The van der Waals surface area contributed by atoms with Crippen LogP contribution in [0.2, 0.25) is 0 Å². The maximum Gasteiger partial charge on any atom is 0.438 e. The summed E-state index contributed by atoms with van der Waals surface area (Å²) in [4.78, 5) is 0. The van der Waals surface area contributed by atoms with E-state index in [0.717, 1.165) is 49.2 Å². The highest BCUT2D eigenvalue weighted by Gasteiger charge is 2.34. The molecule has 7 heteroatoms. The van der Waals surface area contributed by atoms with E-state index in [1.807, 2.05) is 18.2 Å². The summed E-state index contributed by atoms with van der Waals surface area (Å²) < 4.78 is 42.3. The number of allylic oxidation sites excluding steroid dienone is 2. The molecule has 0 bridgehead atoms. The molecule has 2 aliphatic carbocycles. The Balaban J connectivity index is 0.000000500. The van der Waals surface area contributed by atoms with Crippen LogP contribution < -0.4 is 9.47 Å². The van der Waals surface area contributed by atoms with Gasteiger partial charge in [-0.25, -0.2) is 0 Å². The molecular weight excluding hydrogens is 387 g/mol. The molecule has 0 heterocycles. The lowest BCUT2D eigenvalue weighted by atomic mass is 9.71. The molecule has 2 aliphatic rings. The van der Waals surface area contributed by atoms with Gasteiger partial charge in [-0.15, -0.1) is 0 Å². The Hall–Kier alpha value is -1.81. The second kappa shape index (κ2) is 9.60. The van der Waals surface area contributed by atoms with Gasteiger partial charge in [-0.3, -0.25) is 0 Å². The Kier molecular flexibility index (Phi) is 7.70. The molecule has 0 radical (unpaired) electrons. The summed E-state index contributed by atoms with van der Waals surface area (Å²) in [5.74, 6) is 1.55. The van der Waals surface area contributed by atoms with Crippen LogP contribution in [-0.4, -0.2) is 18.7 Å². The van der Waals surface area contributed by atoms with E-state index in [4.69, 9.17) is 9.47 Å². The molecule has 0 spiro atoms. The first-order valence-electron chi connectivity index (χ1n) is 9.38. The zero-order valence-corrected chi connectivity index (χ0v) is 17.1. The molecule has 0 aliphatic heterocycles. The van der Waals surface area contributed by atoms with Gasteiger partial charge in [0, 0.05) is 0 Å². The number of ether oxygens (including phenoxy) is 2. The average Bonchev–Trinajstić information content (AvgIpc) is 3.14. The number of benzene rings is 1. The predicted octanol–water partition coefficient (Wildman–Crippen LogP) is 6.34. The molecule has 0 saturated heterocycles. The topological polar surface area (TPSA) is 42.2 Å². The molecule has 0 amide bonds. The average molecular weight is 414 g/mol. The monoisotopic (exact) mass is 413 g/mol. The third kappa shape index (κ3) is 6.37. The minimum Gasteiger partial charge on any atom is -0.493 e. The van der Waals surface area contributed by atoms with Crippen LogP contribution >= 0.6 is 12.6 Å². The van der Waals surface area contributed by atoms with Crippen molar-refractivity contribution in [3.63, 3.8) is 0 Å². The number of hydrogen-bond acceptors (Lipinski definition) is 4. The molecule has 1 saturated carbocycles. The molecule has 3 rings (SSSR count). The van der Waals surface area contributed by atoms with Crippen molar-refractivity contribution in [3.05, 3.63) is 35.4 Å². The lowest BCUT2D eigenvalue weighted by Crippen LogP contribution is -2.26. The van der Waals surface area contributed by atoms with Crippen LogP contribution in [0.25, 0.3) is 0 Å². The van der Waals surface area contributed by atoms with Gasteiger partial charge in [0.05, 0.1) is 24.7 Å². The van der Waals surface area contributed by atoms with Crippen LogP contribution in [0.15, 0.2) is 29.8 Å². The summed E-state index contributed by atoms with van der Waals surface area (Å²) in [6, 6.07) is 8.58. The Morgan fingerprint density at radius 1 is 1.21 bits per heavy atom. The highest BCUT2D eigenvalue weighted by molar-refractivity contribution is 7.81. The van der Waals surface area contributed by atoms with Gasteiger partial charge in [-0.2, -0.15) is 18.4 Å². The maximum atomic E-state index is 10.2. The van der Waals surface area contributed by atoms with Crippen molar-refractivity contribution >= 4 is 12.6 Å². The number of nitrogens with zero attached hydrogens (tertiary/aromatic N) is 1. The molecule has 154 valence electrons. The van der Waals surface area contributed by atoms with Crippen LogP contribution in [0.1, 0.15) is 57.4 Å². The molecule has 1 atom stereocenters. The predicted molar refractivity (Wildman–Crippen MR) is 106 cm³/mol. The smallest absolute Gasteiger partial charge is 0.438 e. The Morgan fingerprint density at radius 3 is 2.36 bits per heavy atom. The van der Waals surface area contributed by atoms with Crippen molar-refractivity contribution < 1.29 is 22.6 Å². The minimum atomic E-state index is -4.31. The van der Waals surface area contributed by atoms with Gasteiger partial charge in [-0.1, -0.05) is 30.3 Å². The summed E-state index contributed by atoms with van der Waals surface area (Å²) >= 11 is 2.12. The van der Waals surface area contributed by atoms with Crippen LogP contribution in [0.3, 0.4) is 0 Å². The summed E-state index contributed by atoms with van der Waals surface area (Å²) in [5.41, 5.74) is -2.30. The van der Waals surface area contributed by atoms with E-state index in [2.05, 4.69) is 31.7 Å². The third-order valence-corrected chi connectivity index (χ3v) is 5.27. The fraction of sp³-hybridized carbons (Fsp3) is 0.571. The third-order valence-electron chi connectivity index (χ3n) is 5.27. The molecule has 1 fully saturated rings. The van der Waals surface area contributed by atoms with Crippen molar-refractivity contribution in [2.45, 2.75) is 68.9 Å². The van der Waals surface area contributed by atoms with Crippen LogP contribution in [0, 0.1) is 11.3 Å². The summed E-state index contributed by atoms with van der Waals surface area (Å²) in [6.45, 7) is 2.14. The van der Waals surface area contributed by atoms with Gasteiger partial charge in [0.25, 0.3) is 0 Å². The highest BCUT2D eigenvalue weighted by atomic mass is 32.1. The quantitative estimate of drug-likeness (QED) is 0.462. The van der Waals surface area contributed by atoms with Crippen molar-refractivity contribution in [3.8, 4) is 17.6 Å². The fourth-order valence-electron chi connectivity index (χ4n) is 3.64. The second-order valence-corrected chi connectivity index (χ2v) is 7.81. The first kappa shape index (κ1) is 22.5. The van der Waals surface area contributed by atoms with E-state index in [1.165, 1.54) is 18.4 Å². The van der Waals surface area contributed by atoms with Gasteiger partial charge in [-0.05, 0) is 69.6 Å². The van der Waals surface area contributed by atoms with Gasteiger partial charge < -0.3 is 9.47 Å². The minimum absolute atomic E-state index is 0.283. The number of hydrogen-bond donors (Lipinski definition) is 1. The number of rotatable bonds is 4. The first-order valence-corrected chi connectivity index (χ1v) is 9.83. The van der Waals surface area contributed by atoms with Crippen molar-refractivity contribution in [1.82, 2.24) is 0 Å². The Labute approximate surface area is 169 Å². The molecule has 1 unspecified atom stereocenters. The highest BCUT2D eigenvalue weighted by Crippen LogP contribution is 2.42. The van der Waals surface area contributed by atoms with Crippen molar-refractivity contribution in [2.24, 2.45) is 0 Å². The van der Waals surface area contributed by atoms with Crippen LogP contribution in [0.5, 0.6) is 11.5 Å². The van der Waals surface area contributed by atoms with E-state index in [0.29, 0.717) is 0 Å². The summed E-state index contributed by atoms with van der Waals surface area (Å²) in [7, 11) is 1.67. The second-order valence-electron chi connectivity index (χ2n) is 7.31. The van der Waals surface area contributed by atoms with E-state index in [-0.39, 0.29) is 6.10 Å². The lowest BCUT2D eigenvalue weighted by molar-refractivity contribution is -0.0303. The molecule has 0 N–H and O–H groups in total. The number of alkyl halides is 3. The molecule has 3 nitrogen and oxygen atoms in total. The largest absolute Gasteiger partial charge is 0.493 e. The zero-order chi connectivity index (χ0) is 20.8. The van der Waals surface area contributed by atoms with Crippen LogP contribution in [-0.2, 0) is 5.41 Å². The van der Waals surface area contributed by atoms with Crippen molar-refractivity contribution in [1.29, 1.82) is 5.26 Å². The first-order chi connectivity index (χ1) is 13.2. The molecule has 28 heavy (non-hydrogen) atoms. The Morgan fingerprint density at radius 2 is 1.86 bits per heavy atom. The van der Waals surface area contributed by atoms with Gasteiger partial charge in [0.2, 0.25) is 0 Å². The van der Waals surface area contributed by atoms with E-state index >= 15 is 0 Å². The Bertz CT molecular complexity index is 730. The fourth-order valence-corrected chi connectivity index (χ4v) is 3.64. The number of methoxy groups -OCH3 is 1. The van der Waals surface area contributed by atoms with Gasteiger partial charge in [0.1, 0.15) is 0 Å². The van der Waals surface area contributed by atoms with E-state index in [9.17, 15) is 18.4 Å². The van der Waals surface area contributed by atoms with Gasteiger partial charge in [0.15, 0.2) is 11.5 Å². The summed E-state index contributed by atoms with van der Waals surface area (Å²) in [6.07, 6.45) is 9.82. The lowest BCUT2D eigenvalue weighted by Gasteiger charge is -2.30. The number of thiol groups is 1. The zero-order valence-electron chi connectivity index (χ0n) is 16.2. The molecule has 1 aromatic carbocycles. The van der Waals surface area contributed by atoms with Crippen molar-refractivity contribution in [2.75, 3.05) is 7.11 Å². The normalized spacial score (nSPS) is 22.5. The summed E-state index contributed by atoms with van der Waals surface area (Å²) in [5, 5.41) is 9.83. The molecule has 0 aromatic heterocycles. The SMILES string of the molecule is COc1ccc(C2(C#N)CC=C(C)CC2)cc1OC1CCCC1.FC(F)(F)S. The number of nitriles is 1. The van der Waals surface area contributed by atoms with E-state index < -0.39 is 10.9 Å². The van der Waals surface area contributed by atoms with E-state index in [1.54, 1.807) is 7.11 Å². The van der Waals surface area contributed by atoms with Gasteiger partial charge >= 0.3 is 5.51 Å². The molecule has 1 aromatic rings. The maximum absolute atomic E-state index is 10.2. The molecular formula is C21H26F3NO2S. The standard InChI is InChI=1S/C20H25NO2.CHF3S/c1-15-9-11-20(14-21,12-10-15)16-7-8-18(22-2)19(13-16)23-17-5-3-4-6-17;2-1(3,4)5/h7-9,13,17H,3-6,10-12H2,1-2H3;5H. The van der Waals surface area contributed by atoms with Crippen LogP contribution in [0.4, 0.5) is 13.2 Å². The number of halogens is 3.